The van der Waals surface area contributed by atoms with Crippen LogP contribution < -0.4 is 0 Å². The molecule has 1 heterocycles. The average Bonchev–Trinajstić information content (AvgIpc) is 2.76. The van der Waals surface area contributed by atoms with E-state index in [0.717, 1.165) is 26.5 Å². The molecule has 29 heavy (non-hydrogen) atoms. The van der Waals surface area contributed by atoms with E-state index in [1.54, 1.807) is 35.3 Å². The standard InChI is InChI=1S/C24H20N2S3/c1-2-21-22(27-18-12-6-3-7-13-18)25-24(29-20-16-10-5-11-17-20)26-23(21)28-19-14-8-4-9-15-19/h3-17H,2H2,1H3. The lowest BCUT2D eigenvalue weighted by Gasteiger charge is -2.13. The molecule has 4 rings (SSSR count). The van der Waals surface area contributed by atoms with Crippen LogP contribution in [0.1, 0.15) is 12.5 Å². The number of aromatic nitrogens is 2. The summed E-state index contributed by atoms with van der Waals surface area (Å²) in [6.07, 6.45) is 0.890. The largest absolute Gasteiger partial charge is 0.215 e. The summed E-state index contributed by atoms with van der Waals surface area (Å²) in [5.74, 6) is 0. The normalized spacial score (nSPS) is 10.8. The minimum absolute atomic E-state index is 0.783. The van der Waals surface area contributed by atoms with Crippen molar-refractivity contribution in [2.75, 3.05) is 0 Å². The molecule has 0 saturated carbocycles. The second-order valence-corrected chi connectivity index (χ2v) is 9.36. The van der Waals surface area contributed by atoms with E-state index in [1.807, 2.05) is 30.3 Å². The summed E-state index contributed by atoms with van der Waals surface area (Å²) in [5, 5.41) is 2.85. The molecule has 0 spiro atoms. The molecule has 0 aliphatic heterocycles. The third kappa shape index (κ3) is 5.44. The maximum Gasteiger partial charge on any atom is 0.194 e. The lowest BCUT2D eigenvalue weighted by Crippen LogP contribution is -2.00. The highest BCUT2D eigenvalue weighted by atomic mass is 32.2. The van der Waals surface area contributed by atoms with Crippen molar-refractivity contribution in [2.45, 2.75) is 43.2 Å². The van der Waals surface area contributed by atoms with Gasteiger partial charge in [0.1, 0.15) is 10.1 Å². The molecule has 1 aromatic heterocycles. The minimum atomic E-state index is 0.783. The molecule has 0 unspecified atom stereocenters. The van der Waals surface area contributed by atoms with E-state index in [1.165, 1.54) is 15.4 Å². The highest BCUT2D eigenvalue weighted by molar-refractivity contribution is 8.00. The van der Waals surface area contributed by atoms with Gasteiger partial charge in [0.05, 0.1) is 0 Å². The van der Waals surface area contributed by atoms with E-state index in [4.69, 9.17) is 9.97 Å². The number of rotatable bonds is 7. The molecule has 0 radical (unpaired) electrons. The van der Waals surface area contributed by atoms with Crippen LogP contribution in [-0.2, 0) is 6.42 Å². The Morgan fingerprint density at radius 1 is 0.552 bits per heavy atom. The fourth-order valence-corrected chi connectivity index (χ4v) is 5.72. The molecule has 5 heteroatoms. The van der Waals surface area contributed by atoms with E-state index >= 15 is 0 Å². The quantitative estimate of drug-likeness (QED) is 0.222. The van der Waals surface area contributed by atoms with Gasteiger partial charge in [-0.25, -0.2) is 9.97 Å². The SMILES string of the molecule is CCc1c(Sc2ccccc2)nc(Sc2ccccc2)nc1Sc1ccccc1. The predicted octanol–water partition coefficient (Wildman–Crippen LogP) is 7.49. The maximum absolute atomic E-state index is 4.94. The van der Waals surface area contributed by atoms with Gasteiger partial charge in [-0.2, -0.15) is 0 Å². The van der Waals surface area contributed by atoms with Gasteiger partial charge in [0.15, 0.2) is 5.16 Å². The summed E-state index contributed by atoms with van der Waals surface area (Å²) >= 11 is 5.03. The summed E-state index contributed by atoms with van der Waals surface area (Å²) in [7, 11) is 0. The molecule has 0 atom stereocenters. The Bertz CT molecular complexity index is 993. The van der Waals surface area contributed by atoms with E-state index < -0.39 is 0 Å². The van der Waals surface area contributed by atoms with Crippen molar-refractivity contribution in [2.24, 2.45) is 0 Å². The first-order chi connectivity index (χ1) is 14.3. The topological polar surface area (TPSA) is 25.8 Å². The van der Waals surface area contributed by atoms with Gasteiger partial charge in [-0.05, 0) is 54.6 Å². The maximum atomic E-state index is 4.94. The zero-order valence-corrected chi connectivity index (χ0v) is 18.4. The number of hydrogen-bond acceptors (Lipinski definition) is 5. The van der Waals surface area contributed by atoms with Gasteiger partial charge in [0.25, 0.3) is 0 Å². The highest BCUT2D eigenvalue weighted by Crippen LogP contribution is 2.38. The molecule has 0 aliphatic carbocycles. The van der Waals surface area contributed by atoms with Crippen LogP contribution in [0.3, 0.4) is 0 Å². The smallest absolute Gasteiger partial charge is 0.194 e. The lowest BCUT2D eigenvalue weighted by molar-refractivity contribution is 0.776. The van der Waals surface area contributed by atoms with Gasteiger partial charge in [-0.1, -0.05) is 85.0 Å². The fourth-order valence-electron chi connectivity index (χ4n) is 2.74. The molecule has 0 aliphatic rings. The van der Waals surface area contributed by atoms with Gasteiger partial charge >= 0.3 is 0 Å². The second-order valence-electron chi connectivity index (χ2n) is 6.19. The van der Waals surface area contributed by atoms with Gasteiger partial charge in [0, 0.05) is 20.2 Å². The average molecular weight is 433 g/mol. The van der Waals surface area contributed by atoms with Gasteiger partial charge in [-0.15, -0.1) is 0 Å². The zero-order chi connectivity index (χ0) is 19.9. The monoisotopic (exact) mass is 432 g/mol. The summed E-state index contributed by atoms with van der Waals surface area (Å²) in [4.78, 5) is 13.4. The third-order valence-corrected chi connectivity index (χ3v) is 7.08. The van der Waals surface area contributed by atoms with Crippen molar-refractivity contribution in [1.29, 1.82) is 0 Å². The Labute approximate surface area is 184 Å². The molecule has 4 aromatic rings. The van der Waals surface area contributed by atoms with Crippen molar-refractivity contribution in [3.8, 4) is 0 Å². The molecule has 0 fully saturated rings. The van der Waals surface area contributed by atoms with Crippen molar-refractivity contribution in [3.05, 3.63) is 96.6 Å². The van der Waals surface area contributed by atoms with Crippen LogP contribution in [0, 0.1) is 0 Å². The van der Waals surface area contributed by atoms with Crippen molar-refractivity contribution in [3.63, 3.8) is 0 Å². The Kier molecular flexibility index (Phi) is 6.93. The van der Waals surface area contributed by atoms with Crippen LogP contribution in [0.15, 0.2) is 121 Å². The lowest BCUT2D eigenvalue weighted by atomic mass is 10.3. The van der Waals surface area contributed by atoms with Crippen LogP contribution in [-0.4, -0.2) is 9.97 Å². The third-order valence-electron chi connectivity index (χ3n) is 4.13. The second kappa shape index (κ2) is 10.0. The molecule has 0 amide bonds. The number of benzene rings is 3. The van der Waals surface area contributed by atoms with Crippen molar-refractivity contribution < 1.29 is 0 Å². The molecular weight excluding hydrogens is 412 g/mol. The Morgan fingerprint density at radius 3 is 1.31 bits per heavy atom. The van der Waals surface area contributed by atoms with Crippen LogP contribution in [0.5, 0.6) is 0 Å². The number of nitrogens with zero attached hydrogens (tertiary/aromatic N) is 2. The van der Waals surface area contributed by atoms with Crippen LogP contribution in [0.2, 0.25) is 0 Å². The van der Waals surface area contributed by atoms with Gasteiger partial charge in [0.2, 0.25) is 0 Å². The van der Waals surface area contributed by atoms with E-state index in [2.05, 4.69) is 67.6 Å². The molecule has 3 aromatic carbocycles. The van der Waals surface area contributed by atoms with Gasteiger partial charge in [-0.3, -0.25) is 0 Å². The Balaban J connectivity index is 1.74. The van der Waals surface area contributed by atoms with E-state index in [-0.39, 0.29) is 0 Å². The van der Waals surface area contributed by atoms with E-state index in [9.17, 15) is 0 Å². The molecule has 144 valence electrons. The minimum Gasteiger partial charge on any atom is -0.215 e. The highest BCUT2D eigenvalue weighted by Gasteiger charge is 2.16. The molecule has 0 N–H and O–H groups in total. The zero-order valence-electron chi connectivity index (χ0n) is 16.0. The summed E-state index contributed by atoms with van der Waals surface area (Å²) in [6.45, 7) is 2.17. The first-order valence-electron chi connectivity index (χ1n) is 9.41. The van der Waals surface area contributed by atoms with E-state index in [0.29, 0.717) is 0 Å². The number of hydrogen-bond donors (Lipinski definition) is 0. The first-order valence-corrected chi connectivity index (χ1v) is 11.9. The van der Waals surface area contributed by atoms with Crippen LogP contribution in [0.25, 0.3) is 0 Å². The van der Waals surface area contributed by atoms with Gasteiger partial charge < -0.3 is 0 Å². The first kappa shape index (κ1) is 20.1. The Morgan fingerprint density at radius 2 is 0.931 bits per heavy atom. The van der Waals surface area contributed by atoms with Crippen molar-refractivity contribution in [1.82, 2.24) is 9.97 Å². The van der Waals surface area contributed by atoms with Crippen LogP contribution >= 0.6 is 35.3 Å². The summed E-state index contributed by atoms with van der Waals surface area (Å²) < 4.78 is 0. The molecule has 0 saturated heterocycles. The van der Waals surface area contributed by atoms with Crippen LogP contribution in [0.4, 0.5) is 0 Å². The molecule has 2 nitrogen and oxygen atoms in total. The Hall–Kier alpha value is -2.21. The summed E-state index contributed by atoms with van der Waals surface area (Å²) in [6, 6.07) is 31.1. The van der Waals surface area contributed by atoms with Crippen molar-refractivity contribution >= 4 is 35.3 Å². The summed E-state index contributed by atoms with van der Waals surface area (Å²) in [5.41, 5.74) is 1.20. The molecular formula is C24H20N2S3. The fraction of sp³-hybridized carbons (Fsp3) is 0.0833. The molecule has 0 bridgehead atoms. The predicted molar refractivity (Wildman–Crippen MR) is 123 cm³/mol.